The molecule has 1 aromatic heterocycles. The molecule has 102 valence electrons. The Kier molecular flexibility index (Phi) is 4.09. The molecule has 3 N–H and O–H groups in total. The molecule has 2 rings (SSSR count). The van der Waals surface area contributed by atoms with Gasteiger partial charge in [-0.05, 0) is 31.2 Å². The molecule has 1 atom stereocenters. The quantitative estimate of drug-likeness (QED) is 0.638. The number of benzene rings is 1. The third-order valence-corrected chi connectivity index (χ3v) is 2.96. The highest BCUT2D eigenvalue weighted by molar-refractivity contribution is 5.44. The van der Waals surface area contributed by atoms with Gasteiger partial charge < -0.3 is 13.9 Å². The van der Waals surface area contributed by atoms with E-state index < -0.39 is 0 Å². The van der Waals surface area contributed by atoms with Crippen molar-refractivity contribution in [3.05, 3.63) is 47.4 Å². The first kappa shape index (κ1) is 13.5. The standard InChI is InChI=1S/C14H18N2O3/c1-9-4-7-12(19-9)14(16-15)11-6-5-10(17-2)8-13(11)18-3/h4-8,14,16H,15H2,1-3H3. The van der Waals surface area contributed by atoms with Gasteiger partial charge in [-0.2, -0.15) is 0 Å². The Morgan fingerprint density at radius 3 is 2.47 bits per heavy atom. The van der Waals surface area contributed by atoms with Crippen molar-refractivity contribution >= 4 is 0 Å². The summed E-state index contributed by atoms with van der Waals surface area (Å²) in [6.45, 7) is 1.89. The molecule has 1 aromatic carbocycles. The molecule has 5 heteroatoms. The molecule has 0 aliphatic carbocycles. The van der Waals surface area contributed by atoms with Crippen LogP contribution in [0.2, 0.25) is 0 Å². The number of methoxy groups -OCH3 is 2. The summed E-state index contributed by atoms with van der Waals surface area (Å²) in [5.41, 5.74) is 3.63. The maximum atomic E-state index is 5.64. The maximum Gasteiger partial charge on any atom is 0.127 e. The van der Waals surface area contributed by atoms with E-state index >= 15 is 0 Å². The van der Waals surface area contributed by atoms with E-state index in [2.05, 4.69) is 5.43 Å². The van der Waals surface area contributed by atoms with E-state index in [1.807, 2.05) is 37.3 Å². The molecule has 0 radical (unpaired) electrons. The van der Waals surface area contributed by atoms with Crippen LogP contribution < -0.4 is 20.7 Å². The molecule has 1 heterocycles. The minimum atomic E-state index is -0.269. The van der Waals surface area contributed by atoms with Crippen LogP contribution in [0.15, 0.2) is 34.7 Å². The fraction of sp³-hybridized carbons (Fsp3) is 0.286. The fourth-order valence-electron chi connectivity index (χ4n) is 1.99. The molecule has 0 aliphatic heterocycles. The number of aryl methyl sites for hydroxylation is 1. The normalized spacial score (nSPS) is 12.2. The Bertz CT molecular complexity index is 551. The summed E-state index contributed by atoms with van der Waals surface area (Å²) in [6.07, 6.45) is 0. The second-order valence-electron chi connectivity index (χ2n) is 4.16. The van der Waals surface area contributed by atoms with E-state index in [-0.39, 0.29) is 6.04 Å². The van der Waals surface area contributed by atoms with E-state index in [4.69, 9.17) is 19.7 Å². The van der Waals surface area contributed by atoms with Crippen molar-refractivity contribution in [1.82, 2.24) is 5.43 Å². The summed E-state index contributed by atoms with van der Waals surface area (Å²) in [6, 6.07) is 9.10. The van der Waals surface area contributed by atoms with Crippen molar-refractivity contribution in [1.29, 1.82) is 0 Å². The topological polar surface area (TPSA) is 69.7 Å². The maximum absolute atomic E-state index is 5.64. The number of nitrogens with one attached hydrogen (secondary N) is 1. The first-order chi connectivity index (χ1) is 9.19. The molecule has 0 fully saturated rings. The van der Waals surface area contributed by atoms with Gasteiger partial charge in [-0.15, -0.1) is 0 Å². The summed E-state index contributed by atoms with van der Waals surface area (Å²) in [7, 11) is 3.22. The van der Waals surface area contributed by atoms with Gasteiger partial charge in [0.2, 0.25) is 0 Å². The monoisotopic (exact) mass is 262 g/mol. The van der Waals surface area contributed by atoms with Crippen LogP contribution in [-0.2, 0) is 0 Å². The number of ether oxygens (including phenoxy) is 2. The van der Waals surface area contributed by atoms with Crippen LogP contribution in [0.5, 0.6) is 11.5 Å². The zero-order valence-corrected chi connectivity index (χ0v) is 11.3. The lowest BCUT2D eigenvalue weighted by molar-refractivity contribution is 0.379. The molecule has 0 saturated carbocycles. The highest BCUT2D eigenvalue weighted by atomic mass is 16.5. The Morgan fingerprint density at radius 2 is 1.95 bits per heavy atom. The summed E-state index contributed by atoms with van der Waals surface area (Å²) in [4.78, 5) is 0. The summed E-state index contributed by atoms with van der Waals surface area (Å²) >= 11 is 0. The minimum absolute atomic E-state index is 0.269. The zero-order chi connectivity index (χ0) is 13.8. The van der Waals surface area contributed by atoms with E-state index in [0.29, 0.717) is 5.75 Å². The Morgan fingerprint density at radius 1 is 1.16 bits per heavy atom. The van der Waals surface area contributed by atoms with Crippen LogP contribution in [0.25, 0.3) is 0 Å². The van der Waals surface area contributed by atoms with Crippen molar-refractivity contribution in [3.63, 3.8) is 0 Å². The van der Waals surface area contributed by atoms with Crippen LogP contribution in [0.1, 0.15) is 23.1 Å². The van der Waals surface area contributed by atoms with Gasteiger partial charge >= 0.3 is 0 Å². The number of nitrogens with two attached hydrogens (primary N) is 1. The van der Waals surface area contributed by atoms with Gasteiger partial charge in [0.25, 0.3) is 0 Å². The lowest BCUT2D eigenvalue weighted by Crippen LogP contribution is -2.28. The van der Waals surface area contributed by atoms with Gasteiger partial charge in [0.05, 0.1) is 14.2 Å². The third kappa shape index (κ3) is 2.72. The van der Waals surface area contributed by atoms with E-state index in [1.54, 1.807) is 14.2 Å². The van der Waals surface area contributed by atoms with Gasteiger partial charge in [0, 0.05) is 11.6 Å². The van der Waals surface area contributed by atoms with Crippen LogP contribution >= 0.6 is 0 Å². The lowest BCUT2D eigenvalue weighted by atomic mass is 10.0. The molecule has 2 aromatic rings. The molecule has 1 unspecified atom stereocenters. The molecule has 5 nitrogen and oxygen atoms in total. The van der Waals surface area contributed by atoms with Gasteiger partial charge in [-0.3, -0.25) is 5.84 Å². The largest absolute Gasteiger partial charge is 0.497 e. The SMILES string of the molecule is COc1ccc(C(NN)c2ccc(C)o2)c(OC)c1. The average Bonchev–Trinajstić information content (AvgIpc) is 2.86. The minimum Gasteiger partial charge on any atom is -0.497 e. The van der Waals surface area contributed by atoms with Crippen LogP contribution in [0, 0.1) is 6.92 Å². The first-order valence-electron chi connectivity index (χ1n) is 5.94. The number of rotatable bonds is 5. The van der Waals surface area contributed by atoms with Gasteiger partial charge in [-0.25, -0.2) is 5.43 Å². The lowest BCUT2D eigenvalue weighted by Gasteiger charge is -2.17. The van der Waals surface area contributed by atoms with Crippen LogP contribution in [0.4, 0.5) is 0 Å². The summed E-state index contributed by atoms with van der Waals surface area (Å²) < 4.78 is 16.2. The van der Waals surface area contributed by atoms with Crippen molar-refractivity contribution < 1.29 is 13.9 Å². The molecule has 0 saturated heterocycles. The molecule has 0 spiro atoms. The molecule has 0 bridgehead atoms. The van der Waals surface area contributed by atoms with Crippen LogP contribution in [0.3, 0.4) is 0 Å². The number of furan rings is 1. The average molecular weight is 262 g/mol. The van der Waals surface area contributed by atoms with Crippen molar-refractivity contribution in [3.8, 4) is 11.5 Å². The highest BCUT2D eigenvalue weighted by Crippen LogP contribution is 2.33. The molecular weight excluding hydrogens is 244 g/mol. The molecule has 0 aliphatic rings. The third-order valence-electron chi connectivity index (χ3n) is 2.96. The molecular formula is C14H18N2O3. The van der Waals surface area contributed by atoms with Crippen molar-refractivity contribution in [2.75, 3.05) is 14.2 Å². The van der Waals surface area contributed by atoms with E-state index in [0.717, 1.165) is 22.8 Å². The second kappa shape index (κ2) is 5.77. The summed E-state index contributed by atoms with van der Waals surface area (Å²) in [5.74, 6) is 8.64. The first-order valence-corrected chi connectivity index (χ1v) is 5.94. The highest BCUT2D eigenvalue weighted by Gasteiger charge is 2.20. The fourth-order valence-corrected chi connectivity index (χ4v) is 1.99. The Hall–Kier alpha value is -1.98. The number of hydrogen-bond donors (Lipinski definition) is 2. The number of hydrogen-bond acceptors (Lipinski definition) is 5. The Balaban J connectivity index is 2.43. The zero-order valence-electron chi connectivity index (χ0n) is 11.3. The van der Waals surface area contributed by atoms with Gasteiger partial charge in [0.1, 0.15) is 29.1 Å². The van der Waals surface area contributed by atoms with Crippen molar-refractivity contribution in [2.45, 2.75) is 13.0 Å². The molecule has 0 amide bonds. The predicted molar refractivity (Wildman–Crippen MR) is 72.2 cm³/mol. The van der Waals surface area contributed by atoms with Gasteiger partial charge in [-0.1, -0.05) is 0 Å². The molecule has 19 heavy (non-hydrogen) atoms. The van der Waals surface area contributed by atoms with Gasteiger partial charge in [0.15, 0.2) is 0 Å². The smallest absolute Gasteiger partial charge is 0.127 e. The predicted octanol–water partition coefficient (Wildman–Crippen LogP) is 2.16. The summed E-state index contributed by atoms with van der Waals surface area (Å²) in [5, 5.41) is 0. The van der Waals surface area contributed by atoms with E-state index in [1.165, 1.54) is 0 Å². The second-order valence-corrected chi connectivity index (χ2v) is 4.16. The van der Waals surface area contributed by atoms with Crippen molar-refractivity contribution in [2.24, 2.45) is 5.84 Å². The number of hydrazine groups is 1. The Labute approximate surface area is 112 Å². The van der Waals surface area contributed by atoms with E-state index in [9.17, 15) is 0 Å². The van der Waals surface area contributed by atoms with Crippen LogP contribution in [-0.4, -0.2) is 14.2 Å².